The molecule has 0 fully saturated rings. The van der Waals surface area contributed by atoms with Crippen LogP contribution < -0.4 is 10.6 Å². The lowest BCUT2D eigenvalue weighted by Gasteiger charge is -2.13. The largest absolute Gasteiger partial charge is 0.481 e. The van der Waals surface area contributed by atoms with Crippen LogP contribution in [0.3, 0.4) is 0 Å². The molecule has 102 valence electrons. The third-order valence-electron chi connectivity index (χ3n) is 2.10. The third kappa shape index (κ3) is 4.62. The number of halogens is 1. The predicted octanol–water partition coefficient (Wildman–Crippen LogP) is 0.875. The molecule has 1 rings (SSSR count). The van der Waals surface area contributed by atoms with Crippen molar-refractivity contribution in [3.8, 4) is 0 Å². The molecule has 1 unspecified atom stereocenters. The van der Waals surface area contributed by atoms with E-state index in [0.717, 1.165) is 6.07 Å². The van der Waals surface area contributed by atoms with Crippen LogP contribution in [-0.2, 0) is 9.59 Å². The molecule has 0 radical (unpaired) electrons. The molecule has 2 amide bonds. The summed E-state index contributed by atoms with van der Waals surface area (Å²) in [4.78, 5) is 32.5. The minimum absolute atomic E-state index is 0.139. The Bertz CT molecular complexity index is 506. The van der Waals surface area contributed by atoms with Crippen molar-refractivity contribution in [1.82, 2.24) is 5.32 Å². The first kappa shape index (κ1) is 14.4. The highest BCUT2D eigenvalue weighted by Gasteiger charge is 2.23. The maximum Gasteiger partial charge on any atom is 0.326 e. The number of carboxylic acid groups (broad SMARTS) is 2. The minimum atomic E-state index is -1.59. The number of amides is 2. The zero-order chi connectivity index (χ0) is 14.4. The number of aliphatic carboxylic acids is 2. The molecular weight excluding hydrogens is 259 g/mol. The van der Waals surface area contributed by atoms with E-state index in [0.29, 0.717) is 0 Å². The molecule has 0 aliphatic heterocycles. The van der Waals surface area contributed by atoms with Crippen LogP contribution in [-0.4, -0.2) is 34.2 Å². The number of rotatable bonds is 5. The second-order valence-electron chi connectivity index (χ2n) is 3.57. The molecular formula is C11H11FN2O5. The van der Waals surface area contributed by atoms with Gasteiger partial charge in [-0.2, -0.15) is 0 Å². The van der Waals surface area contributed by atoms with Gasteiger partial charge in [0.05, 0.1) is 12.1 Å². The van der Waals surface area contributed by atoms with Gasteiger partial charge in [0.1, 0.15) is 11.9 Å². The first-order chi connectivity index (χ1) is 8.90. The number of benzene rings is 1. The lowest BCUT2D eigenvalue weighted by Crippen LogP contribution is -2.44. The Hall–Kier alpha value is -2.64. The number of carbonyl (C=O) groups is 3. The van der Waals surface area contributed by atoms with Gasteiger partial charge in [-0.1, -0.05) is 12.1 Å². The summed E-state index contributed by atoms with van der Waals surface area (Å²) in [5.74, 6) is -3.56. The number of hydrogen-bond donors (Lipinski definition) is 4. The van der Waals surface area contributed by atoms with Gasteiger partial charge in [0.15, 0.2) is 0 Å². The predicted molar refractivity (Wildman–Crippen MR) is 62.2 cm³/mol. The lowest BCUT2D eigenvalue weighted by molar-refractivity contribution is -0.145. The molecule has 0 aliphatic carbocycles. The van der Waals surface area contributed by atoms with E-state index in [4.69, 9.17) is 10.2 Å². The van der Waals surface area contributed by atoms with Crippen LogP contribution in [0.4, 0.5) is 14.9 Å². The molecule has 0 aliphatic rings. The Labute approximate surface area is 107 Å². The van der Waals surface area contributed by atoms with E-state index in [9.17, 15) is 18.8 Å². The summed E-state index contributed by atoms with van der Waals surface area (Å²) < 4.78 is 13.2. The van der Waals surface area contributed by atoms with Crippen LogP contribution in [0.5, 0.6) is 0 Å². The van der Waals surface area contributed by atoms with Crippen LogP contribution in [0.15, 0.2) is 24.3 Å². The van der Waals surface area contributed by atoms with Crippen molar-refractivity contribution in [2.75, 3.05) is 5.32 Å². The van der Waals surface area contributed by atoms with E-state index >= 15 is 0 Å². The van der Waals surface area contributed by atoms with Crippen molar-refractivity contribution in [3.05, 3.63) is 30.1 Å². The Morgan fingerprint density at radius 2 is 1.84 bits per heavy atom. The van der Waals surface area contributed by atoms with Gasteiger partial charge in [-0.25, -0.2) is 14.0 Å². The molecule has 19 heavy (non-hydrogen) atoms. The van der Waals surface area contributed by atoms with E-state index in [-0.39, 0.29) is 5.69 Å². The van der Waals surface area contributed by atoms with E-state index < -0.39 is 36.2 Å². The molecule has 0 heterocycles. The van der Waals surface area contributed by atoms with Gasteiger partial charge in [0, 0.05) is 0 Å². The van der Waals surface area contributed by atoms with Gasteiger partial charge in [0.25, 0.3) is 0 Å². The zero-order valence-electron chi connectivity index (χ0n) is 9.59. The minimum Gasteiger partial charge on any atom is -0.481 e. The van der Waals surface area contributed by atoms with Crippen molar-refractivity contribution in [2.45, 2.75) is 12.5 Å². The Balaban J connectivity index is 2.65. The second-order valence-corrected chi connectivity index (χ2v) is 3.57. The summed E-state index contributed by atoms with van der Waals surface area (Å²) in [6.07, 6.45) is -0.778. The average Bonchev–Trinajstić information content (AvgIpc) is 2.30. The van der Waals surface area contributed by atoms with Crippen molar-refractivity contribution in [2.24, 2.45) is 0 Å². The molecule has 0 saturated carbocycles. The molecule has 0 spiro atoms. The third-order valence-corrected chi connectivity index (χ3v) is 2.10. The van der Waals surface area contributed by atoms with Gasteiger partial charge in [0.2, 0.25) is 0 Å². The number of anilines is 1. The molecule has 0 bridgehead atoms. The summed E-state index contributed by atoms with van der Waals surface area (Å²) in [5, 5.41) is 21.2. The summed E-state index contributed by atoms with van der Waals surface area (Å²) >= 11 is 0. The number of carboxylic acids is 2. The normalized spacial score (nSPS) is 11.4. The summed E-state index contributed by atoms with van der Waals surface area (Å²) in [6, 6.07) is 2.69. The molecule has 1 aromatic carbocycles. The highest BCUT2D eigenvalue weighted by molar-refractivity contribution is 5.93. The molecule has 0 saturated heterocycles. The fourth-order valence-electron chi connectivity index (χ4n) is 1.25. The highest BCUT2D eigenvalue weighted by atomic mass is 19.1. The quantitative estimate of drug-likeness (QED) is 0.633. The fourth-order valence-corrected chi connectivity index (χ4v) is 1.25. The molecule has 1 atom stereocenters. The number of urea groups is 1. The van der Waals surface area contributed by atoms with Crippen molar-refractivity contribution in [1.29, 1.82) is 0 Å². The van der Waals surface area contributed by atoms with Crippen LogP contribution in [0, 0.1) is 5.82 Å². The Morgan fingerprint density at radius 1 is 1.21 bits per heavy atom. The van der Waals surface area contributed by atoms with Crippen molar-refractivity contribution >= 4 is 23.7 Å². The molecule has 4 N–H and O–H groups in total. The maximum atomic E-state index is 13.2. The van der Waals surface area contributed by atoms with Crippen LogP contribution >= 0.6 is 0 Å². The van der Waals surface area contributed by atoms with Crippen LogP contribution in [0.1, 0.15) is 6.42 Å². The second kappa shape index (κ2) is 6.34. The lowest BCUT2D eigenvalue weighted by atomic mass is 10.2. The van der Waals surface area contributed by atoms with Gasteiger partial charge in [-0.05, 0) is 12.1 Å². The topological polar surface area (TPSA) is 116 Å². The molecule has 0 aromatic heterocycles. The number of carbonyl (C=O) groups excluding carboxylic acids is 1. The SMILES string of the molecule is O=C(O)CC(NC(=O)Nc1ccccc1F)C(=O)O. The summed E-state index contributed by atoms with van der Waals surface area (Å²) in [6.45, 7) is 0. The van der Waals surface area contributed by atoms with Crippen LogP contribution in [0.2, 0.25) is 0 Å². The van der Waals surface area contributed by atoms with Gasteiger partial charge in [-0.15, -0.1) is 0 Å². The van der Waals surface area contributed by atoms with E-state index in [2.05, 4.69) is 5.32 Å². The van der Waals surface area contributed by atoms with Gasteiger partial charge >= 0.3 is 18.0 Å². The molecule has 8 heteroatoms. The smallest absolute Gasteiger partial charge is 0.326 e. The molecule has 1 aromatic rings. The van der Waals surface area contributed by atoms with E-state index in [1.807, 2.05) is 5.32 Å². The van der Waals surface area contributed by atoms with Gasteiger partial charge in [-0.3, -0.25) is 4.79 Å². The fraction of sp³-hybridized carbons (Fsp3) is 0.182. The first-order valence-corrected chi connectivity index (χ1v) is 5.17. The van der Waals surface area contributed by atoms with Crippen molar-refractivity contribution < 1.29 is 29.0 Å². The Kier molecular flexibility index (Phi) is 4.81. The highest BCUT2D eigenvalue weighted by Crippen LogP contribution is 2.12. The standard InChI is InChI=1S/C11H11FN2O5/c12-6-3-1-2-4-7(6)13-11(19)14-8(10(17)18)5-9(15)16/h1-4,8H,5H2,(H,15,16)(H,17,18)(H2,13,14,19). The summed E-state index contributed by atoms with van der Waals surface area (Å²) in [5.41, 5.74) is -0.139. The monoisotopic (exact) mass is 270 g/mol. The van der Waals surface area contributed by atoms with E-state index in [1.165, 1.54) is 18.2 Å². The number of nitrogens with one attached hydrogen (secondary N) is 2. The first-order valence-electron chi connectivity index (χ1n) is 5.17. The Morgan fingerprint density at radius 3 is 2.37 bits per heavy atom. The van der Waals surface area contributed by atoms with Crippen molar-refractivity contribution in [3.63, 3.8) is 0 Å². The summed E-state index contributed by atoms with van der Waals surface area (Å²) in [7, 11) is 0. The zero-order valence-corrected chi connectivity index (χ0v) is 9.59. The number of para-hydroxylation sites is 1. The van der Waals surface area contributed by atoms with Crippen LogP contribution in [0.25, 0.3) is 0 Å². The van der Waals surface area contributed by atoms with Gasteiger partial charge < -0.3 is 20.8 Å². The average molecular weight is 270 g/mol. The van der Waals surface area contributed by atoms with E-state index in [1.54, 1.807) is 0 Å². The molecule has 7 nitrogen and oxygen atoms in total. The maximum absolute atomic E-state index is 13.2. The number of hydrogen-bond acceptors (Lipinski definition) is 3.